The van der Waals surface area contributed by atoms with E-state index in [1.54, 1.807) is 24.6 Å². The van der Waals surface area contributed by atoms with Crippen molar-refractivity contribution in [2.45, 2.75) is 13.0 Å². The first-order chi connectivity index (χ1) is 7.75. The molecular formula is C12H9NO3. The first kappa shape index (κ1) is 9.15. The van der Waals surface area contributed by atoms with Gasteiger partial charge in [-0.15, -0.1) is 0 Å². The Bertz CT molecular complexity index is 545. The summed E-state index contributed by atoms with van der Waals surface area (Å²) in [6, 6.07) is 5.38. The molecule has 0 aromatic carbocycles. The minimum Gasteiger partial charge on any atom is -0.464 e. The molecule has 0 radical (unpaired) electrons. The van der Waals surface area contributed by atoms with Crippen molar-refractivity contribution in [1.82, 2.24) is 4.98 Å². The molecular weight excluding hydrogens is 206 g/mol. The Hall–Kier alpha value is -2.10. The van der Waals surface area contributed by atoms with Crippen LogP contribution in [-0.2, 0) is 4.74 Å². The summed E-state index contributed by atoms with van der Waals surface area (Å²) < 4.78 is 10.3. The van der Waals surface area contributed by atoms with Gasteiger partial charge in [0, 0.05) is 11.8 Å². The Morgan fingerprint density at radius 1 is 1.44 bits per heavy atom. The highest BCUT2D eigenvalue weighted by Crippen LogP contribution is 2.31. The van der Waals surface area contributed by atoms with Crippen LogP contribution in [0.15, 0.2) is 35.1 Å². The van der Waals surface area contributed by atoms with E-state index in [1.165, 1.54) is 0 Å². The second-order valence-corrected chi connectivity index (χ2v) is 3.68. The molecule has 2 aromatic heterocycles. The van der Waals surface area contributed by atoms with Gasteiger partial charge in [-0.1, -0.05) is 0 Å². The maximum absolute atomic E-state index is 11.5. The van der Waals surface area contributed by atoms with Crippen LogP contribution < -0.4 is 0 Å². The number of carbonyl (C=O) groups excluding carboxylic acids is 1. The third-order valence-electron chi connectivity index (χ3n) is 2.61. The fraction of sp³-hybridized carbons (Fsp3) is 0.167. The van der Waals surface area contributed by atoms with Crippen LogP contribution in [0.3, 0.4) is 0 Å². The zero-order valence-corrected chi connectivity index (χ0v) is 8.64. The molecule has 0 aliphatic carbocycles. The van der Waals surface area contributed by atoms with Crippen LogP contribution in [0.25, 0.3) is 11.3 Å². The highest BCUT2D eigenvalue weighted by atomic mass is 16.5. The van der Waals surface area contributed by atoms with Crippen molar-refractivity contribution in [3.63, 3.8) is 0 Å². The second-order valence-electron chi connectivity index (χ2n) is 3.68. The predicted molar refractivity (Wildman–Crippen MR) is 55.8 cm³/mol. The van der Waals surface area contributed by atoms with Gasteiger partial charge in [-0.3, -0.25) is 4.98 Å². The van der Waals surface area contributed by atoms with E-state index >= 15 is 0 Å². The van der Waals surface area contributed by atoms with Crippen LogP contribution in [-0.4, -0.2) is 11.0 Å². The Kier molecular flexibility index (Phi) is 1.83. The fourth-order valence-electron chi connectivity index (χ4n) is 1.82. The number of rotatable bonds is 1. The number of carbonyl (C=O) groups is 1. The molecule has 2 aromatic rings. The van der Waals surface area contributed by atoms with Crippen LogP contribution in [0.1, 0.15) is 29.1 Å². The van der Waals surface area contributed by atoms with E-state index < -0.39 is 0 Å². The van der Waals surface area contributed by atoms with E-state index in [0.717, 1.165) is 5.56 Å². The number of hydrogen-bond donors (Lipinski definition) is 0. The SMILES string of the molecule is CC1OC(=O)c2cc(-c3ccco3)cnc21. The smallest absolute Gasteiger partial charge is 0.340 e. The van der Waals surface area contributed by atoms with Gasteiger partial charge < -0.3 is 9.15 Å². The van der Waals surface area contributed by atoms with E-state index in [0.29, 0.717) is 17.0 Å². The lowest BCUT2D eigenvalue weighted by atomic mass is 10.1. The molecule has 80 valence electrons. The zero-order chi connectivity index (χ0) is 11.1. The minimum atomic E-state index is -0.316. The van der Waals surface area contributed by atoms with Crippen molar-refractivity contribution in [3.8, 4) is 11.3 Å². The maximum Gasteiger partial charge on any atom is 0.340 e. The van der Waals surface area contributed by atoms with Gasteiger partial charge in [0.15, 0.2) is 0 Å². The molecule has 0 saturated carbocycles. The first-order valence-electron chi connectivity index (χ1n) is 5.00. The van der Waals surface area contributed by atoms with Gasteiger partial charge in [0.25, 0.3) is 0 Å². The molecule has 4 nitrogen and oxygen atoms in total. The van der Waals surface area contributed by atoms with Gasteiger partial charge in [-0.2, -0.15) is 0 Å². The Morgan fingerprint density at radius 2 is 2.31 bits per heavy atom. The summed E-state index contributed by atoms with van der Waals surface area (Å²) in [5, 5.41) is 0. The number of cyclic esters (lactones) is 1. The monoisotopic (exact) mass is 215 g/mol. The van der Waals surface area contributed by atoms with Crippen molar-refractivity contribution >= 4 is 5.97 Å². The molecule has 0 fully saturated rings. The predicted octanol–water partition coefficient (Wildman–Crippen LogP) is 2.57. The van der Waals surface area contributed by atoms with Gasteiger partial charge >= 0.3 is 5.97 Å². The number of aromatic nitrogens is 1. The number of hydrogen-bond acceptors (Lipinski definition) is 4. The normalized spacial score (nSPS) is 18.3. The summed E-state index contributed by atoms with van der Waals surface area (Å²) in [5.41, 5.74) is 2.01. The number of furan rings is 1. The lowest BCUT2D eigenvalue weighted by Crippen LogP contribution is -1.94. The van der Waals surface area contributed by atoms with Crippen LogP contribution in [0.2, 0.25) is 0 Å². The highest BCUT2D eigenvalue weighted by molar-refractivity contribution is 5.94. The average molecular weight is 215 g/mol. The van der Waals surface area contributed by atoms with E-state index in [-0.39, 0.29) is 12.1 Å². The summed E-state index contributed by atoms with van der Waals surface area (Å²) in [4.78, 5) is 15.7. The quantitative estimate of drug-likeness (QED) is 0.686. The topological polar surface area (TPSA) is 52.3 Å². The van der Waals surface area contributed by atoms with Crippen LogP contribution in [0.5, 0.6) is 0 Å². The van der Waals surface area contributed by atoms with Crippen molar-refractivity contribution < 1.29 is 13.9 Å². The molecule has 0 bridgehead atoms. The number of nitrogens with zero attached hydrogens (tertiary/aromatic N) is 1. The molecule has 1 aliphatic heterocycles. The molecule has 0 amide bonds. The summed E-state index contributed by atoms with van der Waals surface area (Å²) in [6.07, 6.45) is 3.02. The molecule has 16 heavy (non-hydrogen) atoms. The number of fused-ring (bicyclic) bond motifs is 1. The third-order valence-corrected chi connectivity index (χ3v) is 2.61. The van der Waals surface area contributed by atoms with Crippen LogP contribution in [0.4, 0.5) is 0 Å². The molecule has 0 saturated heterocycles. The number of pyridine rings is 1. The van der Waals surface area contributed by atoms with Crippen molar-refractivity contribution in [3.05, 3.63) is 41.9 Å². The van der Waals surface area contributed by atoms with E-state index in [2.05, 4.69) is 4.98 Å². The van der Waals surface area contributed by atoms with Crippen molar-refractivity contribution in [2.24, 2.45) is 0 Å². The summed E-state index contributed by atoms with van der Waals surface area (Å²) in [6.45, 7) is 1.81. The molecule has 3 heterocycles. The Labute approximate surface area is 91.9 Å². The zero-order valence-electron chi connectivity index (χ0n) is 8.64. The molecule has 3 rings (SSSR count). The average Bonchev–Trinajstić information content (AvgIpc) is 2.88. The second kappa shape index (κ2) is 3.20. The van der Waals surface area contributed by atoms with Crippen LogP contribution >= 0.6 is 0 Å². The third kappa shape index (κ3) is 1.23. The van der Waals surface area contributed by atoms with E-state index in [1.807, 2.05) is 13.0 Å². The van der Waals surface area contributed by atoms with Gasteiger partial charge in [0.1, 0.15) is 11.9 Å². The molecule has 1 aliphatic rings. The van der Waals surface area contributed by atoms with Gasteiger partial charge in [-0.05, 0) is 25.1 Å². The molecule has 4 heteroatoms. The van der Waals surface area contributed by atoms with Gasteiger partial charge in [-0.25, -0.2) is 4.79 Å². The number of ether oxygens (including phenoxy) is 1. The Morgan fingerprint density at radius 3 is 3.06 bits per heavy atom. The number of esters is 1. The minimum absolute atomic E-state index is 0.256. The molecule has 1 unspecified atom stereocenters. The standard InChI is InChI=1S/C12H9NO3/c1-7-11-9(12(14)16-7)5-8(6-13-11)10-3-2-4-15-10/h2-7H,1H3. The fourth-order valence-corrected chi connectivity index (χ4v) is 1.82. The van der Waals surface area contributed by atoms with Gasteiger partial charge in [0.05, 0.1) is 17.5 Å². The summed E-state index contributed by atoms with van der Waals surface area (Å²) in [7, 11) is 0. The molecule has 0 N–H and O–H groups in total. The van der Waals surface area contributed by atoms with E-state index in [4.69, 9.17) is 9.15 Å². The maximum atomic E-state index is 11.5. The first-order valence-corrected chi connectivity index (χ1v) is 5.00. The van der Waals surface area contributed by atoms with Crippen LogP contribution in [0, 0.1) is 0 Å². The van der Waals surface area contributed by atoms with Crippen molar-refractivity contribution in [2.75, 3.05) is 0 Å². The van der Waals surface area contributed by atoms with Crippen molar-refractivity contribution in [1.29, 1.82) is 0 Å². The van der Waals surface area contributed by atoms with Gasteiger partial charge in [0.2, 0.25) is 0 Å². The summed E-state index contributed by atoms with van der Waals surface area (Å²) in [5.74, 6) is 0.381. The van der Waals surface area contributed by atoms with E-state index in [9.17, 15) is 4.79 Å². The molecule has 1 atom stereocenters. The Balaban J connectivity index is 2.13. The molecule has 0 spiro atoms. The summed E-state index contributed by atoms with van der Waals surface area (Å²) >= 11 is 0. The highest BCUT2D eigenvalue weighted by Gasteiger charge is 2.29. The largest absolute Gasteiger partial charge is 0.464 e. The lowest BCUT2D eigenvalue weighted by Gasteiger charge is -2.01. The lowest BCUT2D eigenvalue weighted by molar-refractivity contribution is 0.0418.